The van der Waals surface area contributed by atoms with E-state index in [-0.39, 0.29) is 12.6 Å². The van der Waals surface area contributed by atoms with Crippen molar-refractivity contribution in [3.63, 3.8) is 0 Å². The standard InChI is InChI=1S/C28H41N3O6/c1-10-21-13-15-22(16-14-21)24(25(33)29-17-23(32)36-9)31(19(4)12-11-18(2)3)26(34)20(5)30-27(35)37-28(6,7)8/h1,13-16,18-20,24H,11-12,17H2,2-9H3,(H,29,33)(H,30,35). The number of ether oxygens (including phenoxy) is 2. The van der Waals surface area contributed by atoms with Crippen LogP contribution in [0.1, 0.15) is 78.5 Å². The van der Waals surface area contributed by atoms with Crippen LogP contribution in [0.2, 0.25) is 0 Å². The van der Waals surface area contributed by atoms with Gasteiger partial charge in [-0.15, -0.1) is 6.42 Å². The molecule has 1 aromatic carbocycles. The van der Waals surface area contributed by atoms with Crippen molar-refractivity contribution < 1.29 is 28.7 Å². The minimum Gasteiger partial charge on any atom is -0.468 e. The Kier molecular flexibility index (Phi) is 12.1. The Balaban J connectivity index is 3.47. The SMILES string of the molecule is C#Cc1ccc(C(C(=O)NCC(=O)OC)N(C(=O)C(C)NC(=O)OC(C)(C)C)C(C)CCC(C)C)cc1. The molecule has 2 N–H and O–H groups in total. The molecule has 0 aliphatic rings. The van der Waals surface area contributed by atoms with E-state index in [1.807, 2.05) is 6.92 Å². The number of nitrogens with zero attached hydrogens (tertiary/aromatic N) is 1. The molecule has 0 saturated carbocycles. The summed E-state index contributed by atoms with van der Waals surface area (Å²) in [6.45, 7) is 12.4. The molecule has 1 rings (SSSR count). The summed E-state index contributed by atoms with van der Waals surface area (Å²) in [7, 11) is 1.22. The Bertz CT molecular complexity index is 975. The summed E-state index contributed by atoms with van der Waals surface area (Å²) in [5.74, 6) is 1.25. The van der Waals surface area contributed by atoms with Gasteiger partial charge in [0.2, 0.25) is 11.8 Å². The number of benzene rings is 1. The highest BCUT2D eigenvalue weighted by atomic mass is 16.6. The van der Waals surface area contributed by atoms with Crippen molar-refractivity contribution in [3.8, 4) is 12.3 Å². The maximum absolute atomic E-state index is 13.8. The Morgan fingerprint density at radius 1 is 1.03 bits per heavy atom. The lowest BCUT2D eigenvalue weighted by Gasteiger charge is -2.38. The minimum absolute atomic E-state index is 0.359. The second-order valence-electron chi connectivity index (χ2n) is 10.4. The fourth-order valence-corrected chi connectivity index (χ4v) is 3.61. The van der Waals surface area contributed by atoms with Gasteiger partial charge in [-0.25, -0.2) is 4.79 Å². The molecule has 9 nitrogen and oxygen atoms in total. The number of amides is 3. The van der Waals surface area contributed by atoms with Crippen LogP contribution < -0.4 is 10.6 Å². The second kappa shape index (κ2) is 14.3. The smallest absolute Gasteiger partial charge is 0.408 e. The van der Waals surface area contributed by atoms with Crippen molar-refractivity contribution in [2.24, 2.45) is 5.92 Å². The molecule has 0 aromatic heterocycles. The summed E-state index contributed by atoms with van der Waals surface area (Å²) in [6.07, 6.45) is 6.17. The van der Waals surface area contributed by atoms with Crippen LogP contribution in [0.4, 0.5) is 4.79 Å². The van der Waals surface area contributed by atoms with Gasteiger partial charge in [-0.1, -0.05) is 31.9 Å². The number of nitrogens with one attached hydrogen (secondary N) is 2. The van der Waals surface area contributed by atoms with E-state index < -0.39 is 41.6 Å². The molecule has 0 aliphatic carbocycles. The van der Waals surface area contributed by atoms with E-state index in [9.17, 15) is 19.2 Å². The Hall–Kier alpha value is -3.54. The van der Waals surface area contributed by atoms with E-state index in [0.717, 1.165) is 6.42 Å². The molecule has 0 heterocycles. The molecule has 0 fully saturated rings. The third-order valence-electron chi connectivity index (χ3n) is 5.55. The van der Waals surface area contributed by atoms with E-state index in [4.69, 9.17) is 11.2 Å². The molecule has 9 heteroatoms. The molecule has 0 bridgehead atoms. The van der Waals surface area contributed by atoms with Crippen molar-refractivity contribution in [1.82, 2.24) is 15.5 Å². The summed E-state index contributed by atoms with van der Waals surface area (Å²) in [5.41, 5.74) is 0.380. The van der Waals surface area contributed by atoms with Gasteiger partial charge in [-0.2, -0.15) is 0 Å². The topological polar surface area (TPSA) is 114 Å². The molecular formula is C28H41N3O6. The summed E-state index contributed by atoms with van der Waals surface area (Å²) >= 11 is 0. The van der Waals surface area contributed by atoms with Crippen LogP contribution in [0, 0.1) is 18.3 Å². The van der Waals surface area contributed by atoms with E-state index in [2.05, 4.69) is 35.1 Å². The first-order chi connectivity index (χ1) is 17.2. The van der Waals surface area contributed by atoms with Gasteiger partial charge in [0.15, 0.2) is 0 Å². The van der Waals surface area contributed by atoms with Crippen LogP contribution in [-0.2, 0) is 23.9 Å². The Morgan fingerprint density at radius 2 is 1.62 bits per heavy atom. The summed E-state index contributed by atoms with van der Waals surface area (Å²) < 4.78 is 9.94. The second-order valence-corrected chi connectivity index (χ2v) is 10.4. The van der Waals surface area contributed by atoms with Crippen molar-refractivity contribution in [2.75, 3.05) is 13.7 Å². The van der Waals surface area contributed by atoms with Crippen molar-refractivity contribution in [1.29, 1.82) is 0 Å². The molecule has 0 radical (unpaired) electrons. The fourth-order valence-electron chi connectivity index (χ4n) is 3.61. The number of terminal acetylenes is 1. The number of carbonyl (C=O) groups is 4. The molecule has 37 heavy (non-hydrogen) atoms. The molecule has 3 unspecified atom stereocenters. The zero-order valence-electron chi connectivity index (χ0n) is 23.2. The molecule has 204 valence electrons. The number of carbonyl (C=O) groups excluding carboxylic acids is 4. The first-order valence-corrected chi connectivity index (χ1v) is 12.4. The quantitative estimate of drug-likeness (QED) is 0.344. The van der Waals surface area contributed by atoms with Gasteiger partial charge in [0.25, 0.3) is 0 Å². The maximum atomic E-state index is 13.8. The average molecular weight is 516 g/mol. The van der Waals surface area contributed by atoms with Crippen molar-refractivity contribution in [2.45, 2.75) is 85.0 Å². The van der Waals surface area contributed by atoms with Crippen LogP contribution in [-0.4, -0.2) is 60.1 Å². The van der Waals surface area contributed by atoms with Crippen LogP contribution in [0.5, 0.6) is 0 Å². The van der Waals surface area contributed by atoms with Gasteiger partial charge >= 0.3 is 12.1 Å². The number of methoxy groups -OCH3 is 1. The predicted molar refractivity (Wildman–Crippen MR) is 141 cm³/mol. The number of hydrogen-bond acceptors (Lipinski definition) is 6. The fraction of sp³-hybridized carbons (Fsp3) is 0.571. The largest absolute Gasteiger partial charge is 0.468 e. The number of alkyl carbamates (subject to hydrolysis) is 1. The molecule has 3 amide bonds. The molecule has 0 aliphatic heterocycles. The Morgan fingerprint density at radius 3 is 2.11 bits per heavy atom. The van der Waals surface area contributed by atoms with Gasteiger partial charge < -0.3 is 25.0 Å². The summed E-state index contributed by atoms with van der Waals surface area (Å²) in [6, 6.07) is 4.27. The van der Waals surface area contributed by atoms with Gasteiger partial charge in [0, 0.05) is 11.6 Å². The van der Waals surface area contributed by atoms with Gasteiger partial charge in [-0.3, -0.25) is 14.4 Å². The first-order valence-electron chi connectivity index (χ1n) is 12.4. The molecular weight excluding hydrogens is 474 g/mol. The van der Waals surface area contributed by atoms with Gasteiger partial charge in [-0.05, 0) is 71.1 Å². The van der Waals surface area contributed by atoms with Gasteiger partial charge in [0.05, 0.1) is 7.11 Å². The lowest BCUT2D eigenvalue weighted by molar-refractivity contribution is -0.146. The zero-order chi connectivity index (χ0) is 28.3. The minimum atomic E-state index is -1.09. The highest BCUT2D eigenvalue weighted by Gasteiger charge is 2.37. The molecule has 3 atom stereocenters. The summed E-state index contributed by atoms with van der Waals surface area (Å²) in [4.78, 5) is 52.9. The number of esters is 1. The van der Waals surface area contributed by atoms with Crippen molar-refractivity contribution in [3.05, 3.63) is 35.4 Å². The number of rotatable bonds is 11. The van der Waals surface area contributed by atoms with E-state index in [1.54, 1.807) is 52.0 Å². The first kappa shape index (κ1) is 31.5. The van der Waals surface area contributed by atoms with Crippen LogP contribution in [0.3, 0.4) is 0 Å². The molecule has 0 spiro atoms. The third-order valence-corrected chi connectivity index (χ3v) is 5.55. The maximum Gasteiger partial charge on any atom is 0.408 e. The summed E-state index contributed by atoms with van der Waals surface area (Å²) in [5, 5.41) is 5.14. The molecule has 0 saturated heterocycles. The normalized spacial score (nSPS) is 13.5. The predicted octanol–water partition coefficient (Wildman–Crippen LogP) is 3.56. The number of hydrogen-bond donors (Lipinski definition) is 2. The van der Waals surface area contributed by atoms with Crippen LogP contribution >= 0.6 is 0 Å². The highest BCUT2D eigenvalue weighted by Crippen LogP contribution is 2.28. The lowest BCUT2D eigenvalue weighted by atomic mass is 9.96. The van der Waals surface area contributed by atoms with Crippen molar-refractivity contribution >= 4 is 23.9 Å². The molecule has 1 aromatic rings. The van der Waals surface area contributed by atoms with E-state index in [0.29, 0.717) is 23.5 Å². The highest BCUT2D eigenvalue weighted by molar-refractivity contribution is 5.93. The van der Waals surface area contributed by atoms with Crippen LogP contribution in [0.25, 0.3) is 0 Å². The monoisotopic (exact) mass is 515 g/mol. The Labute approximate surface area is 220 Å². The van der Waals surface area contributed by atoms with Gasteiger partial charge in [0.1, 0.15) is 24.2 Å². The average Bonchev–Trinajstić information content (AvgIpc) is 2.82. The third kappa shape index (κ3) is 10.5. The van der Waals surface area contributed by atoms with E-state index >= 15 is 0 Å². The lowest BCUT2D eigenvalue weighted by Crippen LogP contribution is -2.55. The van der Waals surface area contributed by atoms with E-state index in [1.165, 1.54) is 12.0 Å². The van der Waals surface area contributed by atoms with Crippen LogP contribution in [0.15, 0.2) is 24.3 Å². The zero-order valence-corrected chi connectivity index (χ0v) is 23.2.